The maximum atomic E-state index is 13.0. The second-order valence-corrected chi connectivity index (χ2v) is 8.15. The summed E-state index contributed by atoms with van der Waals surface area (Å²) in [6.45, 7) is 8.24. The van der Waals surface area contributed by atoms with Crippen molar-refractivity contribution in [3.63, 3.8) is 0 Å². The number of carbonyl (C=O) groups excluding carboxylic acids is 3. The van der Waals surface area contributed by atoms with E-state index in [9.17, 15) is 14.4 Å². The van der Waals surface area contributed by atoms with E-state index in [0.29, 0.717) is 12.8 Å². The van der Waals surface area contributed by atoms with E-state index in [2.05, 4.69) is 13.5 Å². The molecule has 0 aromatic carbocycles. The Morgan fingerprint density at radius 3 is 2.70 bits per heavy atom. The molecule has 4 rings (SSSR count). The summed E-state index contributed by atoms with van der Waals surface area (Å²) in [4.78, 5) is 37.2. The van der Waals surface area contributed by atoms with Gasteiger partial charge in [-0.2, -0.15) is 0 Å². The van der Waals surface area contributed by atoms with E-state index in [0.717, 1.165) is 24.0 Å². The van der Waals surface area contributed by atoms with Crippen LogP contribution in [0.2, 0.25) is 0 Å². The molecular formula is C20H22O3. The van der Waals surface area contributed by atoms with Crippen molar-refractivity contribution in [3.8, 4) is 0 Å². The molecule has 0 N–H and O–H groups in total. The van der Waals surface area contributed by atoms with Crippen LogP contribution in [0, 0.1) is 28.6 Å². The van der Waals surface area contributed by atoms with Crippen molar-refractivity contribution in [1.29, 1.82) is 0 Å². The van der Waals surface area contributed by atoms with Gasteiger partial charge in [-0.15, -0.1) is 0 Å². The van der Waals surface area contributed by atoms with Crippen LogP contribution in [0.4, 0.5) is 0 Å². The van der Waals surface area contributed by atoms with Gasteiger partial charge in [0.2, 0.25) is 0 Å². The number of rotatable bonds is 0. The SMILES string of the molecule is C=C1C[C@@H]2[C@H](C(=O)C[C@]3(C)C(=O)CC[C@@H]23)[C@@]2(C)C=CC(=O)C=C12. The minimum atomic E-state index is -0.482. The van der Waals surface area contributed by atoms with Crippen LogP contribution >= 0.6 is 0 Å². The number of allylic oxidation sites excluding steroid dienone is 5. The van der Waals surface area contributed by atoms with Gasteiger partial charge in [-0.25, -0.2) is 0 Å². The van der Waals surface area contributed by atoms with E-state index in [1.165, 1.54) is 0 Å². The third-order valence-corrected chi connectivity index (χ3v) is 6.94. The molecule has 0 heterocycles. The lowest BCUT2D eigenvalue weighted by atomic mass is 9.47. The van der Waals surface area contributed by atoms with E-state index in [1.807, 2.05) is 13.0 Å². The van der Waals surface area contributed by atoms with Gasteiger partial charge in [0, 0.05) is 29.6 Å². The minimum Gasteiger partial charge on any atom is -0.299 e. The van der Waals surface area contributed by atoms with Crippen molar-refractivity contribution in [2.75, 3.05) is 0 Å². The summed E-state index contributed by atoms with van der Waals surface area (Å²) in [5.41, 5.74) is 0.956. The van der Waals surface area contributed by atoms with Gasteiger partial charge in [0.05, 0.1) is 0 Å². The molecule has 0 unspecified atom stereocenters. The second kappa shape index (κ2) is 4.40. The fourth-order valence-corrected chi connectivity index (χ4v) is 5.84. The van der Waals surface area contributed by atoms with Crippen molar-refractivity contribution in [3.05, 3.63) is 36.0 Å². The highest BCUT2D eigenvalue weighted by atomic mass is 16.1. The first kappa shape index (κ1) is 14.8. The molecular weight excluding hydrogens is 288 g/mol. The Kier molecular flexibility index (Phi) is 2.83. The standard InChI is InChI=1S/C20H22O3/c1-11-8-13-14-4-5-17(23)20(14,3)10-16(22)18(13)19(2)7-6-12(21)9-15(11)19/h6-7,9,13-14,18H,1,4-5,8,10H2,2-3H3/t13-,14-,18+,19-,20-/m0/s1. The van der Waals surface area contributed by atoms with Crippen molar-refractivity contribution in [1.82, 2.24) is 0 Å². The molecule has 4 aliphatic rings. The first-order valence-corrected chi connectivity index (χ1v) is 8.47. The van der Waals surface area contributed by atoms with Gasteiger partial charge in [0.25, 0.3) is 0 Å². The quantitative estimate of drug-likeness (QED) is 0.690. The van der Waals surface area contributed by atoms with Crippen molar-refractivity contribution in [2.45, 2.75) is 39.5 Å². The lowest BCUT2D eigenvalue weighted by molar-refractivity contribution is -0.146. The highest BCUT2D eigenvalue weighted by Crippen LogP contribution is 2.63. The summed E-state index contributed by atoms with van der Waals surface area (Å²) >= 11 is 0. The molecule has 0 spiro atoms. The molecule has 5 atom stereocenters. The fourth-order valence-electron chi connectivity index (χ4n) is 5.84. The van der Waals surface area contributed by atoms with Gasteiger partial charge >= 0.3 is 0 Å². The average Bonchev–Trinajstić information content (AvgIpc) is 2.76. The van der Waals surface area contributed by atoms with E-state index < -0.39 is 10.8 Å². The van der Waals surface area contributed by atoms with Crippen LogP contribution in [0.25, 0.3) is 0 Å². The average molecular weight is 310 g/mol. The highest BCUT2D eigenvalue weighted by molar-refractivity contribution is 6.03. The van der Waals surface area contributed by atoms with Crippen molar-refractivity contribution in [2.24, 2.45) is 28.6 Å². The number of hydrogen-bond acceptors (Lipinski definition) is 3. The van der Waals surface area contributed by atoms with Gasteiger partial charge in [0.1, 0.15) is 11.6 Å². The molecule has 0 saturated heterocycles. The zero-order valence-electron chi connectivity index (χ0n) is 13.7. The summed E-state index contributed by atoms with van der Waals surface area (Å²) in [5, 5.41) is 0. The lowest BCUT2D eigenvalue weighted by Crippen LogP contribution is -2.54. The van der Waals surface area contributed by atoms with Crippen LogP contribution in [0.15, 0.2) is 36.0 Å². The van der Waals surface area contributed by atoms with Crippen LogP contribution in [-0.4, -0.2) is 17.3 Å². The Morgan fingerprint density at radius 2 is 1.96 bits per heavy atom. The van der Waals surface area contributed by atoms with Gasteiger partial charge in [-0.05, 0) is 42.4 Å². The van der Waals surface area contributed by atoms with E-state index in [-0.39, 0.29) is 35.1 Å². The van der Waals surface area contributed by atoms with Gasteiger partial charge in [-0.3, -0.25) is 14.4 Å². The summed E-state index contributed by atoms with van der Waals surface area (Å²) in [6.07, 6.45) is 7.71. The largest absolute Gasteiger partial charge is 0.299 e. The van der Waals surface area contributed by atoms with E-state index >= 15 is 0 Å². The van der Waals surface area contributed by atoms with Crippen LogP contribution in [0.5, 0.6) is 0 Å². The van der Waals surface area contributed by atoms with Crippen LogP contribution in [0.1, 0.15) is 39.5 Å². The van der Waals surface area contributed by atoms with E-state index in [4.69, 9.17) is 0 Å². The zero-order chi connectivity index (χ0) is 16.6. The van der Waals surface area contributed by atoms with Crippen molar-refractivity contribution >= 4 is 17.3 Å². The Bertz CT molecular complexity index is 725. The Balaban J connectivity index is 1.84. The second-order valence-electron chi connectivity index (χ2n) is 8.15. The molecule has 3 nitrogen and oxygen atoms in total. The third-order valence-electron chi connectivity index (χ3n) is 6.94. The maximum Gasteiger partial charge on any atom is 0.178 e. The molecule has 0 aromatic heterocycles. The van der Waals surface area contributed by atoms with Gasteiger partial charge in [0.15, 0.2) is 5.78 Å². The molecule has 120 valence electrons. The van der Waals surface area contributed by atoms with E-state index in [1.54, 1.807) is 12.2 Å². The Labute approximate surface area is 136 Å². The van der Waals surface area contributed by atoms with Gasteiger partial charge < -0.3 is 0 Å². The van der Waals surface area contributed by atoms with Crippen LogP contribution < -0.4 is 0 Å². The number of ketones is 3. The number of fused-ring (bicyclic) bond motifs is 5. The Hall–Kier alpha value is -1.77. The summed E-state index contributed by atoms with van der Waals surface area (Å²) in [7, 11) is 0. The van der Waals surface area contributed by atoms with Crippen molar-refractivity contribution < 1.29 is 14.4 Å². The monoisotopic (exact) mass is 310 g/mol. The number of carbonyl (C=O) groups is 3. The predicted molar refractivity (Wildman–Crippen MR) is 86.5 cm³/mol. The normalized spacial score (nSPS) is 45.5. The third kappa shape index (κ3) is 1.74. The molecule has 3 heteroatoms. The molecule has 4 aliphatic carbocycles. The first-order chi connectivity index (χ1) is 10.8. The van der Waals surface area contributed by atoms with Crippen LogP contribution in [-0.2, 0) is 14.4 Å². The van der Waals surface area contributed by atoms with Crippen LogP contribution in [0.3, 0.4) is 0 Å². The molecule has 0 aliphatic heterocycles. The first-order valence-electron chi connectivity index (χ1n) is 8.47. The van der Waals surface area contributed by atoms with Gasteiger partial charge in [-0.1, -0.05) is 32.1 Å². The molecule has 0 radical (unpaired) electrons. The molecule has 0 bridgehead atoms. The molecule has 3 fully saturated rings. The maximum absolute atomic E-state index is 13.0. The lowest BCUT2D eigenvalue weighted by Gasteiger charge is -2.54. The number of hydrogen-bond donors (Lipinski definition) is 0. The fraction of sp³-hybridized carbons (Fsp3) is 0.550. The molecule has 0 amide bonds. The summed E-state index contributed by atoms with van der Waals surface area (Å²) in [5.74, 6) is 0.706. The topological polar surface area (TPSA) is 51.2 Å². The number of Topliss-reactive ketones (excluding diaryl/α,β-unsaturated/α-hetero) is 2. The summed E-state index contributed by atoms with van der Waals surface area (Å²) < 4.78 is 0. The smallest absolute Gasteiger partial charge is 0.178 e. The summed E-state index contributed by atoms with van der Waals surface area (Å²) in [6, 6.07) is 0. The molecule has 3 saturated carbocycles. The Morgan fingerprint density at radius 1 is 1.22 bits per heavy atom. The minimum absolute atomic E-state index is 0.0267. The molecule has 23 heavy (non-hydrogen) atoms. The zero-order valence-corrected chi connectivity index (χ0v) is 13.7. The highest BCUT2D eigenvalue weighted by Gasteiger charge is 2.62. The molecule has 0 aromatic rings. The predicted octanol–water partition coefficient (Wildman–Crippen LogP) is 3.21.